The number of rotatable bonds is 9. The van der Waals surface area contributed by atoms with E-state index in [1.807, 2.05) is 24.3 Å². The molecule has 2 aliphatic heterocycles. The molecule has 6 rings (SSSR count). The van der Waals surface area contributed by atoms with Gasteiger partial charge in [0.15, 0.2) is 11.5 Å². The number of anilines is 1. The molecule has 4 aliphatic rings. The molecule has 0 saturated carbocycles. The molecule has 2 amide bonds. The van der Waals surface area contributed by atoms with Crippen LogP contribution in [0.25, 0.3) is 11.2 Å². The summed E-state index contributed by atoms with van der Waals surface area (Å²) in [5, 5.41) is 12.4. The summed E-state index contributed by atoms with van der Waals surface area (Å²) < 4.78 is 11.9. The van der Waals surface area contributed by atoms with Crippen LogP contribution in [0.1, 0.15) is 46.5 Å². The van der Waals surface area contributed by atoms with Gasteiger partial charge in [-0.1, -0.05) is 18.2 Å². The Bertz CT molecular complexity index is 1500. The second-order valence-electron chi connectivity index (χ2n) is 12.6. The standard InChI is InChI=1S/C31H41N9O4/c1-31(2,3)44-30(42)39-24(13-21-14-32-16-33-21)29(41)38-20-10-9-19-6-4-8-25(23(19)12-20)43-15-22-7-5-11-40(22)28-26-27(35-17-34-26)36-18-37-28/h4,6,8,10,12,17-19,21-22,24,32-33H,5,7,9,11,13-16H2,1-3H3,(H,38,41)(H,39,42)(H,34,35,36,37). The fourth-order valence-electron chi connectivity index (χ4n) is 6.08. The van der Waals surface area contributed by atoms with Gasteiger partial charge in [-0.15, -0.1) is 0 Å². The van der Waals surface area contributed by atoms with Crippen LogP contribution in [0.3, 0.4) is 0 Å². The van der Waals surface area contributed by atoms with Crippen molar-refractivity contribution >= 4 is 29.0 Å². The Morgan fingerprint density at radius 2 is 2.11 bits per heavy atom. The molecule has 13 heteroatoms. The number of aromatic amines is 1. The van der Waals surface area contributed by atoms with Crippen LogP contribution < -0.4 is 26.2 Å². The minimum Gasteiger partial charge on any atom is -0.491 e. The number of allylic oxidation sites excluding steroid dienone is 6. The number of ether oxygens (including phenoxy) is 2. The van der Waals surface area contributed by atoms with Gasteiger partial charge in [-0.2, -0.15) is 0 Å². The molecule has 0 aromatic carbocycles. The van der Waals surface area contributed by atoms with Crippen molar-refractivity contribution < 1.29 is 19.1 Å². The van der Waals surface area contributed by atoms with Crippen LogP contribution in [0.15, 0.2) is 60.1 Å². The van der Waals surface area contributed by atoms with Crippen LogP contribution in [0, 0.1) is 5.92 Å². The number of nitrogens with one attached hydrogen (secondary N) is 5. The molecular formula is C31H41N9O4. The third-order valence-corrected chi connectivity index (χ3v) is 8.16. The van der Waals surface area contributed by atoms with E-state index in [4.69, 9.17) is 9.47 Å². The number of hydrogen-bond acceptors (Lipinski definition) is 10. The van der Waals surface area contributed by atoms with Crippen molar-refractivity contribution in [2.24, 2.45) is 5.92 Å². The zero-order valence-corrected chi connectivity index (χ0v) is 25.4. The molecule has 2 saturated heterocycles. The number of fused-ring (bicyclic) bond motifs is 2. The number of alkyl carbamates (subject to hydrolysis) is 1. The van der Waals surface area contributed by atoms with Crippen molar-refractivity contribution in [3.8, 4) is 0 Å². The molecule has 4 unspecified atom stereocenters. The lowest BCUT2D eigenvalue weighted by molar-refractivity contribution is -0.122. The van der Waals surface area contributed by atoms with Gasteiger partial charge < -0.3 is 40.6 Å². The Balaban J connectivity index is 1.12. The summed E-state index contributed by atoms with van der Waals surface area (Å²) in [4.78, 5) is 44.6. The van der Waals surface area contributed by atoms with E-state index in [-0.39, 0.29) is 23.9 Å². The van der Waals surface area contributed by atoms with Gasteiger partial charge >= 0.3 is 6.09 Å². The minimum atomic E-state index is -0.770. The Kier molecular flexibility index (Phi) is 8.67. The van der Waals surface area contributed by atoms with Gasteiger partial charge in [0.05, 0.1) is 12.4 Å². The molecule has 2 aromatic rings. The van der Waals surface area contributed by atoms with E-state index in [2.05, 4.69) is 52.2 Å². The quantitative estimate of drug-likeness (QED) is 0.288. The predicted octanol–water partition coefficient (Wildman–Crippen LogP) is 2.54. The van der Waals surface area contributed by atoms with Gasteiger partial charge in [-0.05, 0) is 58.6 Å². The molecule has 5 N–H and O–H groups in total. The first kappa shape index (κ1) is 29.8. The molecule has 2 aliphatic carbocycles. The zero-order chi connectivity index (χ0) is 30.7. The van der Waals surface area contributed by atoms with Crippen molar-refractivity contribution in [2.45, 2.75) is 70.2 Å². The molecule has 4 heterocycles. The molecule has 0 bridgehead atoms. The lowest BCUT2D eigenvalue weighted by Crippen LogP contribution is -2.50. The second-order valence-corrected chi connectivity index (χ2v) is 12.6. The third kappa shape index (κ3) is 6.94. The van der Waals surface area contributed by atoms with Crippen LogP contribution in [0.4, 0.5) is 10.6 Å². The van der Waals surface area contributed by atoms with Crippen LogP contribution >= 0.6 is 0 Å². The highest BCUT2D eigenvalue weighted by Gasteiger charge is 2.32. The number of carbonyl (C=O) groups excluding carboxylic acids is 2. The fraction of sp³-hybridized carbons (Fsp3) is 0.516. The Morgan fingerprint density at radius 1 is 1.23 bits per heavy atom. The molecule has 2 aromatic heterocycles. The van der Waals surface area contributed by atoms with Gasteiger partial charge in [0.2, 0.25) is 5.91 Å². The van der Waals surface area contributed by atoms with E-state index < -0.39 is 17.7 Å². The summed E-state index contributed by atoms with van der Waals surface area (Å²) in [6, 6.07) is -0.566. The Labute approximate surface area is 256 Å². The van der Waals surface area contributed by atoms with Gasteiger partial charge in [0.25, 0.3) is 0 Å². The summed E-state index contributed by atoms with van der Waals surface area (Å²) in [7, 11) is 0. The predicted molar refractivity (Wildman–Crippen MR) is 165 cm³/mol. The molecule has 0 radical (unpaired) electrons. The topological polar surface area (TPSA) is 158 Å². The van der Waals surface area contributed by atoms with Crippen LogP contribution in [0.5, 0.6) is 0 Å². The van der Waals surface area contributed by atoms with E-state index in [0.717, 1.165) is 48.5 Å². The van der Waals surface area contributed by atoms with E-state index >= 15 is 0 Å². The average Bonchev–Trinajstić information content (AvgIpc) is 3.77. The number of aromatic nitrogens is 4. The van der Waals surface area contributed by atoms with Gasteiger partial charge in [-0.25, -0.2) is 19.7 Å². The zero-order valence-electron chi connectivity index (χ0n) is 25.4. The Morgan fingerprint density at radius 3 is 2.93 bits per heavy atom. The number of carbonyl (C=O) groups is 2. The summed E-state index contributed by atoms with van der Waals surface area (Å²) >= 11 is 0. The van der Waals surface area contributed by atoms with Crippen LogP contribution in [-0.4, -0.2) is 82.0 Å². The van der Waals surface area contributed by atoms with E-state index in [1.165, 1.54) is 0 Å². The highest BCUT2D eigenvalue weighted by Crippen LogP contribution is 2.35. The average molecular weight is 604 g/mol. The lowest BCUT2D eigenvalue weighted by atomic mass is 9.86. The lowest BCUT2D eigenvalue weighted by Gasteiger charge is -2.30. The van der Waals surface area contributed by atoms with Crippen molar-refractivity contribution in [1.82, 2.24) is 41.2 Å². The fourth-order valence-corrected chi connectivity index (χ4v) is 6.08. The monoisotopic (exact) mass is 603 g/mol. The number of nitrogens with zero attached hydrogens (tertiary/aromatic N) is 4. The molecule has 13 nitrogen and oxygen atoms in total. The minimum absolute atomic E-state index is 0.0528. The van der Waals surface area contributed by atoms with Crippen LogP contribution in [-0.2, 0) is 14.3 Å². The van der Waals surface area contributed by atoms with Crippen molar-refractivity contribution in [3.63, 3.8) is 0 Å². The maximum absolute atomic E-state index is 13.5. The molecule has 2 fully saturated rings. The maximum atomic E-state index is 13.5. The largest absolute Gasteiger partial charge is 0.491 e. The maximum Gasteiger partial charge on any atom is 0.408 e. The van der Waals surface area contributed by atoms with E-state index in [0.29, 0.717) is 37.6 Å². The van der Waals surface area contributed by atoms with Crippen molar-refractivity contribution in [1.29, 1.82) is 0 Å². The normalized spacial score (nSPS) is 23.8. The summed E-state index contributed by atoms with van der Waals surface area (Å²) in [6.07, 6.45) is 15.9. The second kappa shape index (κ2) is 12.8. The molecule has 44 heavy (non-hydrogen) atoms. The first-order chi connectivity index (χ1) is 21.2. The van der Waals surface area contributed by atoms with E-state index in [1.54, 1.807) is 33.4 Å². The van der Waals surface area contributed by atoms with Crippen molar-refractivity contribution in [2.75, 3.05) is 31.3 Å². The molecule has 0 spiro atoms. The molecular weight excluding hydrogens is 562 g/mol. The smallest absolute Gasteiger partial charge is 0.408 e. The first-order valence-electron chi connectivity index (χ1n) is 15.3. The summed E-state index contributed by atoms with van der Waals surface area (Å²) in [6.45, 7) is 8.15. The number of imidazole rings is 1. The van der Waals surface area contributed by atoms with Gasteiger partial charge in [0.1, 0.15) is 35.9 Å². The molecule has 234 valence electrons. The van der Waals surface area contributed by atoms with Gasteiger partial charge in [0, 0.05) is 43.0 Å². The summed E-state index contributed by atoms with van der Waals surface area (Å²) in [5.74, 6) is 1.51. The van der Waals surface area contributed by atoms with Crippen LogP contribution in [0.2, 0.25) is 0 Å². The van der Waals surface area contributed by atoms with Crippen molar-refractivity contribution in [3.05, 3.63) is 60.1 Å². The SMILES string of the molecule is CC(C)(C)OC(=O)NC(CC1CNCN1)C(=O)NC1=CCC2C=CC=C(OCC3CCCN3c3ncnc4nc[nH]c34)C2=C1. The number of amides is 2. The Hall–Kier alpha value is -4.23. The number of hydrogen-bond donors (Lipinski definition) is 5. The highest BCUT2D eigenvalue weighted by atomic mass is 16.6. The first-order valence-corrected chi connectivity index (χ1v) is 15.3. The number of H-pyrrole nitrogens is 1. The van der Waals surface area contributed by atoms with Gasteiger partial charge in [-0.3, -0.25) is 4.79 Å². The highest BCUT2D eigenvalue weighted by molar-refractivity contribution is 5.87. The third-order valence-electron chi connectivity index (χ3n) is 8.16. The van der Waals surface area contributed by atoms with E-state index in [9.17, 15) is 9.59 Å². The summed E-state index contributed by atoms with van der Waals surface area (Å²) in [5.41, 5.74) is 2.52. The molecule has 4 atom stereocenters.